The number of benzene rings is 3. The summed E-state index contributed by atoms with van der Waals surface area (Å²) in [6.45, 7) is 2.02. The van der Waals surface area contributed by atoms with Crippen molar-refractivity contribution < 1.29 is 9.15 Å². The fourth-order valence-electron chi connectivity index (χ4n) is 3.00. The molecule has 1 aromatic heterocycles. The maximum Gasteiger partial charge on any atom is 0.347 e. The van der Waals surface area contributed by atoms with Crippen molar-refractivity contribution in [2.75, 3.05) is 12.4 Å². The Hall–Kier alpha value is -3.86. The molecule has 0 fully saturated rings. The van der Waals surface area contributed by atoms with E-state index < -0.39 is 5.63 Å². The molecular weight excluding hydrogens is 364 g/mol. The van der Waals surface area contributed by atoms with E-state index in [1.807, 2.05) is 73.7 Å². The first-order valence-corrected chi connectivity index (χ1v) is 9.22. The van der Waals surface area contributed by atoms with Crippen LogP contribution in [0.1, 0.15) is 11.1 Å². The number of aryl methyl sites for hydroxylation is 1. The number of rotatable bonds is 5. The summed E-state index contributed by atoms with van der Waals surface area (Å²) >= 11 is 0. The molecule has 4 aromatic rings. The number of hydrogen-bond donors (Lipinski definition) is 1. The highest BCUT2D eigenvalue weighted by Gasteiger charge is 2.13. The van der Waals surface area contributed by atoms with Crippen LogP contribution in [0.15, 0.2) is 87.0 Å². The molecule has 5 nitrogen and oxygen atoms in total. The summed E-state index contributed by atoms with van der Waals surface area (Å²) in [5.41, 5.74) is 3.82. The van der Waals surface area contributed by atoms with Crippen molar-refractivity contribution in [2.24, 2.45) is 4.99 Å². The maximum absolute atomic E-state index is 12.7. The average molecular weight is 384 g/mol. The van der Waals surface area contributed by atoms with Gasteiger partial charge >= 0.3 is 5.63 Å². The Morgan fingerprint density at radius 3 is 2.41 bits per heavy atom. The Morgan fingerprint density at radius 2 is 1.69 bits per heavy atom. The molecule has 0 saturated carbocycles. The minimum Gasteiger partial charge on any atom is -0.497 e. The Labute approximate surface area is 168 Å². The molecule has 0 aliphatic carbocycles. The zero-order valence-corrected chi connectivity index (χ0v) is 16.2. The predicted molar refractivity (Wildman–Crippen MR) is 117 cm³/mol. The summed E-state index contributed by atoms with van der Waals surface area (Å²) < 4.78 is 10.7. The molecule has 0 unspecified atom stereocenters. The largest absolute Gasteiger partial charge is 0.497 e. The van der Waals surface area contributed by atoms with Gasteiger partial charge in [0.05, 0.1) is 18.5 Å². The number of hydrogen-bond acceptors (Lipinski definition) is 5. The minimum absolute atomic E-state index is 0.361. The SMILES string of the molecule is COc1ccc(Nc2c(C=Nc3ccc(C)cc3)c(=O)oc3ccccc23)cc1. The topological polar surface area (TPSA) is 63.8 Å². The molecule has 0 bridgehead atoms. The number of fused-ring (bicyclic) bond motifs is 1. The number of ether oxygens (including phenoxy) is 1. The number of methoxy groups -OCH3 is 1. The van der Waals surface area contributed by atoms with E-state index in [0.29, 0.717) is 16.8 Å². The molecule has 0 atom stereocenters. The standard InChI is InChI=1S/C24H20N2O3/c1-16-7-9-17(10-8-16)25-15-21-23(26-18-11-13-19(28-2)14-12-18)20-5-3-4-6-22(20)29-24(21)27/h3-15,26H,1-2H3. The van der Waals surface area contributed by atoms with Crippen LogP contribution < -0.4 is 15.7 Å². The lowest BCUT2D eigenvalue weighted by molar-refractivity contribution is 0.415. The molecule has 5 heteroatoms. The lowest BCUT2D eigenvalue weighted by Crippen LogP contribution is -2.11. The second-order valence-corrected chi connectivity index (χ2v) is 6.62. The van der Waals surface area contributed by atoms with Gasteiger partial charge < -0.3 is 14.5 Å². The second-order valence-electron chi connectivity index (χ2n) is 6.62. The smallest absolute Gasteiger partial charge is 0.347 e. The van der Waals surface area contributed by atoms with Gasteiger partial charge in [0.25, 0.3) is 0 Å². The molecule has 4 rings (SSSR count). The van der Waals surface area contributed by atoms with Crippen molar-refractivity contribution in [1.29, 1.82) is 0 Å². The molecule has 3 aromatic carbocycles. The average Bonchev–Trinajstić information content (AvgIpc) is 2.75. The molecule has 1 N–H and O–H groups in total. The van der Waals surface area contributed by atoms with Gasteiger partial charge in [-0.1, -0.05) is 29.8 Å². The molecular formula is C24H20N2O3. The zero-order valence-electron chi connectivity index (χ0n) is 16.2. The fraction of sp³-hybridized carbons (Fsp3) is 0.0833. The summed E-state index contributed by atoms with van der Waals surface area (Å²) in [5, 5.41) is 4.15. The first-order chi connectivity index (χ1) is 14.1. The second kappa shape index (κ2) is 8.02. The first-order valence-electron chi connectivity index (χ1n) is 9.22. The monoisotopic (exact) mass is 384 g/mol. The maximum atomic E-state index is 12.7. The molecule has 1 heterocycles. The molecule has 29 heavy (non-hydrogen) atoms. The molecule has 0 amide bonds. The van der Waals surface area contributed by atoms with Crippen LogP contribution in [0.4, 0.5) is 17.1 Å². The number of anilines is 2. The van der Waals surface area contributed by atoms with Gasteiger partial charge in [-0.05, 0) is 55.5 Å². The molecule has 0 saturated heterocycles. The van der Waals surface area contributed by atoms with Crippen molar-refractivity contribution in [1.82, 2.24) is 0 Å². The molecule has 0 aliphatic heterocycles. The van der Waals surface area contributed by atoms with E-state index >= 15 is 0 Å². The predicted octanol–water partition coefficient (Wildman–Crippen LogP) is 5.60. The van der Waals surface area contributed by atoms with E-state index in [2.05, 4.69) is 10.3 Å². The quantitative estimate of drug-likeness (QED) is 0.359. The lowest BCUT2D eigenvalue weighted by atomic mass is 10.1. The van der Waals surface area contributed by atoms with E-state index in [0.717, 1.165) is 28.1 Å². The number of para-hydroxylation sites is 1. The third kappa shape index (κ3) is 4.04. The van der Waals surface area contributed by atoms with Gasteiger partial charge in [-0.25, -0.2) is 4.79 Å². The molecule has 0 aliphatic rings. The summed E-state index contributed by atoms with van der Waals surface area (Å²) in [6.07, 6.45) is 1.55. The van der Waals surface area contributed by atoms with E-state index in [9.17, 15) is 4.79 Å². The highest BCUT2D eigenvalue weighted by Crippen LogP contribution is 2.29. The van der Waals surface area contributed by atoms with E-state index in [1.54, 1.807) is 19.4 Å². The van der Waals surface area contributed by atoms with Gasteiger partial charge in [0, 0.05) is 17.3 Å². The first kappa shape index (κ1) is 18.5. The van der Waals surface area contributed by atoms with Crippen LogP contribution in [0.5, 0.6) is 5.75 Å². The number of nitrogens with one attached hydrogen (secondary N) is 1. The van der Waals surface area contributed by atoms with Crippen LogP contribution in [0.3, 0.4) is 0 Å². The van der Waals surface area contributed by atoms with Gasteiger partial charge in [0.15, 0.2) is 0 Å². The molecule has 0 spiro atoms. The summed E-state index contributed by atoms with van der Waals surface area (Å²) in [4.78, 5) is 17.2. The summed E-state index contributed by atoms with van der Waals surface area (Å²) in [7, 11) is 1.62. The van der Waals surface area contributed by atoms with Crippen molar-refractivity contribution >= 4 is 34.2 Å². The van der Waals surface area contributed by atoms with Crippen LogP contribution in [0, 0.1) is 6.92 Å². The van der Waals surface area contributed by atoms with Gasteiger partial charge in [-0.15, -0.1) is 0 Å². The minimum atomic E-state index is -0.449. The summed E-state index contributed by atoms with van der Waals surface area (Å²) in [5.74, 6) is 0.758. The van der Waals surface area contributed by atoms with E-state index in [-0.39, 0.29) is 0 Å². The lowest BCUT2D eigenvalue weighted by Gasteiger charge is -2.12. The van der Waals surface area contributed by atoms with Crippen molar-refractivity contribution in [3.8, 4) is 5.75 Å². The van der Waals surface area contributed by atoms with Crippen LogP contribution in [-0.2, 0) is 0 Å². The summed E-state index contributed by atoms with van der Waals surface area (Å²) in [6, 6.07) is 22.7. The Balaban J connectivity index is 1.81. The molecule has 0 radical (unpaired) electrons. The van der Waals surface area contributed by atoms with E-state index in [4.69, 9.17) is 9.15 Å². The molecule has 144 valence electrons. The van der Waals surface area contributed by atoms with Gasteiger partial charge in [0.1, 0.15) is 16.9 Å². The van der Waals surface area contributed by atoms with Crippen molar-refractivity contribution in [2.45, 2.75) is 6.92 Å². The third-order valence-corrected chi connectivity index (χ3v) is 4.58. The Bertz CT molecular complexity index is 1220. The van der Waals surface area contributed by atoms with Crippen LogP contribution in [0.25, 0.3) is 11.0 Å². The van der Waals surface area contributed by atoms with Gasteiger partial charge in [-0.3, -0.25) is 4.99 Å². The third-order valence-electron chi connectivity index (χ3n) is 4.58. The zero-order chi connectivity index (χ0) is 20.2. The van der Waals surface area contributed by atoms with Crippen molar-refractivity contribution in [3.63, 3.8) is 0 Å². The Morgan fingerprint density at radius 1 is 0.966 bits per heavy atom. The fourth-order valence-corrected chi connectivity index (χ4v) is 3.00. The normalized spacial score (nSPS) is 11.1. The van der Waals surface area contributed by atoms with Crippen LogP contribution in [-0.4, -0.2) is 13.3 Å². The number of nitrogens with zero attached hydrogens (tertiary/aromatic N) is 1. The van der Waals surface area contributed by atoms with Crippen molar-refractivity contribution in [3.05, 3.63) is 94.3 Å². The number of aliphatic imine (C=N–C) groups is 1. The van der Waals surface area contributed by atoms with E-state index in [1.165, 1.54) is 0 Å². The highest BCUT2D eigenvalue weighted by molar-refractivity contribution is 6.02. The highest BCUT2D eigenvalue weighted by atomic mass is 16.5. The van der Waals surface area contributed by atoms with Crippen LogP contribution >= 0.6 is 0 Å². The van der Waals surface area contributed by atoms with Gasteiger partial charge in [-0.2, -0.15) is 0 Å². The Kier molecular flexibility index (Phi) is 5.12. The van der Waals surface area contributed by atoms with Crippen LogP contribution in [0.2, 0.25) is 0 Å². The van der Waals surface area contributed by atoms with Gasteiger partial charge in [0.2, 0.25) is 0 Å².